The van der Waals surface area contributed by atoms with Crippen LogP contribution < -0.4 is 11.2 Å². The van der Waals surface area contributed by atoms with Gasteiger partial charge in [0.15, 0.2) is 5.82 Å². The Labute approximate surface area is 148 Å². The Morgan fingerprint density at radius 3 is 2.96 bits per heavy atom. The third kappa shape index (κ3) is 3.74. The van der Waals surface area contributed by atoms with E-state index in [0.717, 1.165) is 24.6 Å². The highest BCUT2D eigenvalue weighted by Crippen LogP contribution is 2.39. The topological polar surface area (TPSA) is 110 Å². The first kappa shape index (κ1) is 17.2. The molecule has 3 N–H and O–H groups in total. The lowest BCUT2D eigenvalue weighted by Crippen LogP contribution is -2.47. The van der Waals surface area contributed by atoms with Gasteiger partial charge >= 0.3 is 0 Å². The number of carbonyl (C=O) groups is 1. The Hall–Kier alpha value is -2.60. The summed E-state index contributed by atoms with van der Waals surface area (Å²) in [5.41, 5.74) is -0.335. The van der Waals surface area contributed by atoms with Crippen molar-refractivity contribution in [2.75, 3.05) is 11.6 Å². The highest BCUT2D eigenvalue weighted by Gasteiger charge is 2.42. The van der Waals surface area contributed by atoms with Gasteiger partial charge < -0.3 is 11.2 Å². The van der Waals surface area contributed by atoms with E-state index in [4.69, 9.17) is 5.84 Å². The van der Waals surface area contributed by atoms with Crippen LogP contribution in [0.25, 0.3) is 11.4 Å². The number of hydrogen-bond acceptors (Lipinski definition) is 6. The minimum absolute atomic E-state index is 0.0580. The number of halogens is 1. The van der Waals surface area contributed by atoms with Crippen LogP contribution in [0, 0.1) is 23.1 Å². The van der Waals surface area contributed by atoms with Crippen LogP contribution in [0.4, 0.5) is 4.39 Å². The third-order valence-corrected chi connectivity index (χ3v) is 5.05. The largest absolute Gasteiger partial charge is 0.337 e. The Morgan fingerprint density at radius 1 is 1.56 bits per heavy atom. The lowest BCUT2D eigenvalue weighted by Gasteiger charge is -2.22. The van der Waals surface area contributed by atoms with Crippen LogP contribution in [0.2, 0.25) is 0 Å². The molecule has 1 saturated carbocycles. The molecular weight excluding hydrogens is 343 g/mol. The number of thioether (sulfide) groups is 1. The molecule has 7 nitrogen and oxygen atoms in total. The Morgan fingerprint density at radius 2 is 2.32 bits per heavy atom. The second-order valence-corrected chi connectivity index (χ2v) is 7.05. The van der Waals surface area contributed by atoms with Crippen molar-refractivity contribution in [1.82, 2.24) is 20.2 Å². The van der Waals surface area contributed by atoms with Crippen LogP contribution in [-0.4, -0.2) is 32.1 Å². The Balaban J connectivity index is 1.64. The summed E-state index contributed by atoms with van der Waals surface area (Å²) in [4.78, 5) is 12.1. The molecule has 25 heavy (non-hydrogen) atoms. The van der Waals surface area contributed by atoms with Crippen molar-refractivity contribution in [3.8, 4) is 17.5 Å². The molecule has 3 rings (SSSR count). The Kier molecular flexibility index (Phi) is 4.63. The number of aromatic nitrogens is 3. The van der Waals surface area contributed by atoms with Crippen LogP contribution in [0.15, 0.2) is 29.4 Å². The normalized spacial score (nSPS) is 16.0. The molecule has 0 spiro atoms. The van der Waals surface area contributed by atoms with Gasteiger partial charge in [-0.3, -0.25) is 4.79 Å². The molecule has 9 heteroatoms. The molecule has 0 aliphatic heterocycles. The smallest absolute Gasteiger partial charge is 0.231 e. The van der Waals surface area contributed by atoms with E-state index in [1.807, 2.05) is 0 Å². The molecule has 0 unspecified atom stereocenters. The third-order valence-electron chi connectivity index (χ3n) is 4.10. The number of nitrogens with one attached hydrogen (secondary N) is 1. The van der Waals surface area contributed by atoms with Crippen molar-refractivity contribution < 1.29 is 9.18 Å². The van der Waals surface area contributed by atoms with Crippen molar-refractivity contribution in [2.45, 2.75) is 30.5 Å². The first-order valence-electron chi connectivity index (χ1n) is 7.74. The summed E-state index contributed by atoms with van der Waals surface area (Å²) in [6.07, 6.45) is 1.90. The maximum atomic E-state index is 13.3. The van der Waals surface area contributed by atoms with Gasteiger partial charge in [0.2, 0.25) is 11.1 Å². The maximum absolute atomic E-state index is 13.3. The van der Waals surface area contributed by atoms with Crippen LogP contribution in [-0.2, 0) is 4.79 Å². The summed E-state index contributed by atoms with van der Waals surface area (Å²) in [5.74, 6) is 5.86. The molecule has 2 aromatic rings. The molecule has 1 fully saturated rings. The fourth-order valence-corrected chi connectivity index (χ4v) is 3.19. The molecule has 0 radical (unpaired) electrons. The summed E-state index contributed by atoms with van der Waals surface area (Å²) >= 11 is 1.11. The van der Waals surface area contributed by atoms with Gasteiger partial charge in [0.1, 0.15) is 11.4 Å². The first-order valence-corrected chi connectivity index (χ1v) is 8.73. The second kappa shape index (κ2) is 6.72. The van der Waals surface area contributed by atoms with E-state index in [0.29, 0.717) is 16.5 Å². The van der Waals surface area contributed by atoms with Crippen LogP contribution in [0.1, 0.15) is 19.8 Å². The van der Waals surface area contributed by atoms with Gasteiger partial charge in [-0.1, -0.05) is 23.9 Å². The number of nitrogens with zero attached hydrogens (tertiary/aromatic N) is 4. The predicted octanol–water partition coefficient (Wildman–Crippen LogP) is 1.70. The van der Waals surface area contributed by atoms with Crippen molar-refractivity contribution in [2.24, 2.45) is 5.92 Å². The summed E-state index contributed by atoms with van der Waals surface area (Å²) in [5, 5.41) is 20.3. The second-order valence-electron chi connectivity index (χ2n) is 6.11. The molecule has 1 aliphatic carbocycles. The molecule has 1 aromatic heterocycles. The molecule has 0 saturated heterocycles. The van der Waals surface area contributed by atoms with E-state index >= 15 is 0 Å². The van der Waals surface area contributed by atoms with E-state index in [-0.39, 0.29) is 17.6 Å². The molecule has 1 atom stereocenters. The van der Waals surface area contributed by atoms with Gasteiger partial charge in [-0.25, -0.2) is 9.07 Å². The highest BCUT2D eigenvalue weighted by atomic mass is 32.2. The molecule has 1 heterocycles. The van der Waals surface area contributed by atoms with Gasteiger partial charge in [-0.15, -0.1) is 10.2 Å². The van der Waals surface area contributed by atoms with Crippen molar-refractivity contribution >= 4 is 17.7 Å². The molecule has 1 aliphatic rings. The number of nitrogens with two attached hydrogens (primary N) is 1. The number of carbonyl (C=O) groups excluding carboxylic acids is 1. The number of benzene rings is 1. The van der Waals surface area contributed by atoms with Gasteiger partial charge in [0.05, 0.1) is 11.8 Å². The van der Waals surface area contributed by atoms with Crippen LogP contribution >= 0.6 is 11.8 Å². The number of rotatable bonds is 6. The molecule has 1 amide bonds. The average Bonchev–Trinajstić information content (AvgIpc) is 3.38. The van der Waals surface area contributed by atoms with Gasteiger partial charge in [-0.05, 0) is 37.8 Å². The number of nitrogen functional groups attached to an aromatic ring is 1. The lowest BCUT2D eigenvalue weighted by atomic mass is 9.98. The maximum Gasteiger partial charge on any atom is 0.231 e. The summed E-state index contributed by atoms with van der Waals surface area (Å²) in [6, 6.07) is 8.04. The SMILES string of the molecule is C[C@@](C#N)(NC(=O)CSc1nnc(-c2cccc(F)c2)n1N)C1CC1. The molecule has 130 valence electrons. The predicted molar refractivity (Wildman–Crippen MR) is 91.2 cm³/mol. The van der Waals surface area contributed by atoms with E-state index in [1.165, 1.54) is 16.8 Å². The lowest BCUT2D eigenvalue weighted by molar-refractivity contribution is -0.119. The number of amides is 1. The van der Waals surface area contributed by atoms with E-state index in [1.54, 1.807) is 19.1 Å². The first-order chi connectivity index (χ1) is 11.9. The minimum atomic E-state index is -0.833. The van der Waals surface area contributed by atoms with Gasteiger partial charge in [0.25, 0.3) is 0 Å². The number of hydrogen-bond donors (Lipinski definition) is 2. The van der Waals surface area contributed by atoms with E-state index in [2.05, 4.69) is 21.6 Å². The monoisotopic (exact) mass is 360 g/mol. The Bertz CT molecular complexity index is 843. The fourth-order valence-electron chi connectivity index (χ4n) is 2.54. The van der Waals surface area contributed by atoms with Crippen molar-refractivity contribution in [1.29, 1.82) is 5.26 Å². The number of nitriles is 1. The average molecular weight is 360 g/mol. The minimum Gasteiger partial charge on any atom is -0.337 e. The zero-order valence-electron chi connectivity index (χ0n) is 13.6. The molecule has 1 aromatic carbocycles. The van der Waals surface area contributed by atoms with E-state index < -0.39 is 11.4 Å². The molecular formula is C16H17FN6OS. The zero-order chi connectivity index (χ0) is 18.0. The van der Waals surface area contributed by atoms with E-state index in [9.17, 15) is 14.4 Å². The highest BCUT2D eigenvalue weighted by molar-refractivity contribution is 7.99. The summed E-state index contributed by atoms with van der Waals surface area (Å²) in [7, 11) is 0. The van der Waals surface area contributed by atoms with Crippen LogP contribution in [0.5, 0.6) is 0 Å². The van der Waals surface area contributed by atoms with Crippen molar-refractivity contribution in [3.63, 3.8) is 0 Å². The van der Waals surface area contributed by atoms with Crippen LogP contribution in [0.3, 0.4) is 0 Å². The standard InChI is InChI=1S/C16H17FN6OS/c1-16(9-18,11-5-6-11)20-13(24)8-25-15-22-21-14(23(15)19)10-3-2-4-12(17)7-10/h2-4,7,11H,5-6,8,19H2,1H3,(H,20,24)/t16-/m0/s1. The quantitative estimate of drug-likeness (QED) is 0.599. The van der Waals surface area contributed by atoms with Gasteiger partial charge in [0, 0.05) is 5.56 Å². The fraction of sp³-hybridized carbons (Fsp3) is 0.375. The van der Waals surface area contributed by atoms with Crippen molar-refractivity contribution in [3.05, 3.63) is 30.1 Å². The zero-order valence-corrected chi connectivity index (χ0v) is 14.4. The van der Waals surface area contributed by atoms with Gasteiger partial charge in [-0.2, -0.15) is 5.26 Å². The summed E-state index contributed by atoms with van der Waals surface area (Å²) in [6.45, 7) is 1.74. The molecule has 0 bridgehead atoms. The summed E-state index contributed by atoms with van der Waals surface area (Å²) < 4.78 is 14.5.